The summed E-state index contributed by atoms with van der Waals surface area (Å²) in [6.07, 6.45) is 2.77. The van der Waals surface area contributed by atoms with E-state index in [0.717, 1.165) is 30.6 Å². The first-order valence-electron chi connectivity index (χ1n) is 10.6. The first kappa shape index (κ1) is 19.5. The third kappa shape index (κ3) is 3.82. The number of hydrogen-bond donors (Lipinski definition) is 2. The van der Waals surface area contributed by atoms with Crippen molar-refractivity contribution in [2.45, 2.75) is 32.0 Å². The topological polar surface area (TPSA) is 74.3 Å². The predicted molar refractivity (Wildman–Crippen MR) is 119 cm³/mol. The summed E-state index contributed by atoms with van der Waals surface area (Å²) >= 11 is 0. The molecule has 156 valence electrons. The summed E-state index contributed by atoms with van der Waals surface area (Å²) in [5, 5.41) is 6.41. The lowest BCUT2D eigenvalue weighted by Gasteiger charge is -2.36. The molecule has 0 saturated heterocycles. The van der Waals surface area contributed by atoms with Gasteiger partial charge in [-0.3, -0.25) is 14.7 Å². The molecule has 2 aromatic carbocycles. The van der Waals surface area contributed by atoms with Crippen LogP contribution in [0, 0.1) is 0 Å². The Bertz CT molecular complexity index is 1130. The number of aromatic nitrogens is 1. The van der Waals surface area contributed by atoms with Gasteiger partial charge in [-0.25, -0.2) is 4.79 Å². The zero-order valence-electron chi connectivity index (χ0n) is 17.2. The Hall–Kier alpha value is -3.51. The number of nitrogens with one attached hydrogen (secondary N) is 2. The van der Waals surface area contributed by atoms with Gasteiger partial charge >= 0.3 is 6.03 Å². The molecule has 0 radical (unpaired) electrons. The van der Waals surface area contributed by atoms with Crippen LogP contribution in [0.1, 0.15) is 45.2 Å². The van der Waals surface area contributed by atoms with E-state index in [4.69, 9.17) is 0 Å². The normalized spacial score (nSPS) is 17.6. The summed E-state index contributed by atoms with van der Waals surface area (Å²) in [6.45, 7) is 2.21. The van der Waals surface area contributed by atoms with Gasteiger partial charge in [0, 0.05) is 25.7 Å². The number of amides is 2. The van der Waals surface area contributed by atoms with Gasteiger partial charge in [0.05, 0.1) is 11.7 Å². The van der Waals surface area contributed by atoms with Crippen LogP contribution in [0.4, 0.5) is 10.5 Å². The standard InChI is InChI=1S/C25H24N4O2/c30-23-14-22(19-8-9-20-16-26-12-10-18(20)13-19)29(21-7-4-11-27-24(21)23)25(31)28-15-17-5-2-1-3-6-17/h1-9,11,13,22,26H,10,12,14-16H2,(H,28,31). The Balaban J connectivity index is 1.50. The van der Waals surface area contributed by atoms with Crippen LogP contribution in [-0.2, 0) is 19.5 Å². The summed E-state index contributed by atoms with van der Waals surface area (Å²) in [5.74, 6) is -0.0351. The lowest BCUT2D eigenvalue weighted by molar-refractivity contribution is 0.0962. The number of hydrogen-bond acceptors (Lipinski definition) is 4. The minimum atomic E-state index is -0.361. The highest BCUT2D eigenvalue weighted by atomic mass is 16.2. The Morgan fingerprint density at radius 1 is 1.10 bits per heavy atom. The fraction of sp³-hybridized carbons (Fsp3) is 0.240. The molecule has 0 saturated carbocycles. The number of nitrogens with zero attached hydrogens (tertiary/aromatic N) is 2. The minimum absolute atomic E-state index is 0.0351. The van der Waals surface area contributed by atoms with Gasteiger partial charge in [-0.05, 0) is 47.4 Å². The van der Waals surface area contributed by atoms with E-state index in [9.17, 15) is 9.59 Å². The molecule has 31 heavy (non-hydrogen) atoms. The summed E-state index contributed by atoms with van der Waals surface area (Å²) in [7, 11) is 0. The second kappa shape index (κ2) is 8.32. The molecule has 0 bridgehead atoms. The van der Waals surface area contributed by atoms with E-state index < -0.39 is 0 Å². The zero-order valence-corrected chi connectivity index (χ0v) is 17.2. The van der Waals surface area contributed by atoms with Gasteiger partial charge in [-0.2, -0.15) is 0 Å². The van der Waals surface area contributed by atoms with Crippen molar-refractivity contribution in [1.82, 2.24) is 15.6 Å². The monoisotopic (exact) mass is 412 g/mol. The Labute approximate surface area is 181 Å². The second-order valence-electron chi connectivity index (χ2n) is 7.98. The number of urea groups is 1. The molecule has 0 fully saturated rings. The fourth-order valence-corrected chi connectivity index (χ4v) is 4.42. The van der Waals surface area contributed by atoms with Gasteiger partial charge in [0.25, 0.3) is 0 Å². The maximum Gasteiger partial charge on any atom is 0.322 e. The molecule has 2 N–H and O–H groups in total. The highest BCUT2D eigenvalue weighted by molar-refractivity contribution is 6.07. The lowest BCUT2D eigenvalue weighted by Crippen LogP contribution is -2.46. The number of carbonyl (C=O) groups is 2. The highest BCUT2D eigenvalue weighted by Crippen LogP contribution is 2.38. The van der Waals surface area contributed by atoms with E-state index in [-0.39, 0.29) is 24.3 Å². The van der Waals surface area contributed by atoms with Crippen molar-refractivity contribution in [2.24, 2.45) is 0 Å². The SMILES string of the molecule is O=C1CC(c2ccc3c(c2)CCNC3)N(C(=O)NCc2ccccc2)c2cccnc21. The highest BCUT2D eigenvalue weighted by Gasteiger charge is 2.37. The first-order chi connectivity index (χ1) is 15.2. The molecule has 0 spiro atoms. The Kier molecular flexibility index (Phi) is 5.22. The largest absolute Gasteiger partial charge is 0.334 e. The average Bonchev–Trinajstić information content (AvgIpc) is 2.83. The van der Waals surface area contributed by atoms with Gasteiger partial charge in [0.2, 0.25) is 0 Å². The molecule has 5 rings (SSSR count). The first-order valence-corrected chi connectivity index (χ1v) is 10.6. The van der Waals surface area contributed by atoms with Crippen LogP contribution in [0.25, 0.3) is 0 Å². The van der Waals surface area contributed by atoms with Crippen molar-refractivity contribution in [3.05, 3.63) is 94.8 Å². The number of benzene rings is 2. The molecule has 0 aliphatic carbocycles. The van der Waals surface area contributed by atoms with E-state index in [1.807, 2.05) is 36.4 Å². The molecule has 6 nitrogen and oxygen atoms in total. The molecule has 6 heteroatoms. The van der Waals surface area contributed by atoms with Crippen LogP contribution >= 0.6 is 0 Å². The third-order valence-electron chi connectivity index (χ3n) is 6.01. The van der Waals surface area contributed by atoms with E-state index >= 15 is 0 Å². The van der Waals surface area contributed by atoms with Gasteiger partial charge in [0.15, 0.2) is 5.78 Å². The van der Waals surface area contributed by atoms with Crippen LogP contribution in [0.5, 0.6) is 0 Å². The summed E-state index contributed by atoms with van der Waals surface area (Å²) in [6, 6.07) is 19.1. The van der Waals surface area contributed by atoms with Gasteiger partial charge in [-0.15, -0.1) is 0 Å². The van der Waals surface area contributed by atoms with E-state index in [1.54, 1.807) is 23.2 Å². The Morgan fingerprint density at radius 3 is 2.84 bits per heavy atom. The smallest absolute Gasteiger partial charge is 0.322 e. The van der Waals surface area contributed by atoms with E-state index in [2.05, 4.69) is 27.8 Å². The molecule has 1 aromatic heterocycles. The van der Waals surface area contributed by atoms with Crippen molar-refractivity contribution in [3.8, 4) is 0 Å². The molecular weight excluding hydrogens is 388 g/mol. The molecular formula is C25H24N4O2. The summed E-state index contributed by atoms with van der Waals surface area (Å²) in [5.41, 5.74) is 5.49. The van der Waals surface area contributed by atoms with Crippen LogP contribution in [0.2, 0.25) is 0 Å². The lowest BCUT2D eigenvalue weighted by atomic mass is 9.89. The van der Waals surface area contributed by atoms with Crippen LogP contribution < -0.4 is 15.5 Å². The van der Waals surface area contributed by atoms with E-state index in [0.29, 0.717) is 17.9 Å². The number of rotatable bonds is 3. The van der Waals surface area contributed by atoms with Gasteiger partial charge in [-0.1, -0.05) is 48.5 Å². The molecule has 1 unspecified atom stereocenters. The van der Waals surface area contributed by atoms with Crippen molar-refractivity contribution >= 4 is 17.5 Å². The molecule has 2 aliphatic heterocycles. The molecule has 2 amide bonds. The number of fused-ring (bicyclic) bond motifs is 2. The number of pyridine rings is 1. The van der Waals surface area contributed by atoms with Crippen molar-refractivity contribution in [1.29, 1.82) is 0 Å². The zero-order chi connectivity index (χ0) is 21.2. The number of Topliss-reactive ketones (excluding diaryl/α,β-unsaturated/α-hetero) is 1. The minimum Gasteiger partial charge on any atom is -0.334 e. The van der Waals surface area contributed by atoms with Gasteiger partial charge in [0.1, 0.15) is 5.69 Å². The molecule has 3 aromatic rings. The second-order valence-corrected chi connectivity index (χ2v) is 7.98. The molecule has 1 atom stereocenters. The molecule has 2 aliphatic rings. The van der Waals surface area contributed by atoms with Crippen LogP contribution in [0.15, 0.2) is 66.9 Å². The third-order valence-corrected chi connectivity index (χ3v) is 6.01. The number of ketones is 1. The van der Waals surface area contributed by atoms with Crippen molar-refractivity contribution < 1.29 is 9.59 Å². The summed E-state index contributed by atoms with van der Waals surface area (Å²) < 4.78 is 0. The number of anilines is 1. The fourth-order valence-electron chi connectivity index (χ4n) is 4.42. The van der Waals surface area contributed by atoms with Gasteiger partial charge < -0.3 is 10.6 Å². The van der Waals surface area contributed by atoms with Crippen LogP contribution in [-0.4, -0.2) is 23.3 Å². The number of carbonyl (C=O) groups excluding carboxylic acids is 2. The quantitative estimate of drug-likeness (QED) is 0.687. The Morgan fingerprint density at radius 2 is 1.97 bits per heavy atom. The predicted octanol–water partition coefficient (Wildman–Crippen LogP) is 3.77. The van der Waals surface area contributed by atoms with E-state index in [1.165, 1.54) is 11.1 Å². The van der Waals surface area contributed by atoms with Crippen LogP contribution in [0.3, 0.4) is 0 Å². The average molecular weight is 412 g/mol. The summed E-state index contributed by atoms with van der Waals surface area (Å²) in [4.78, 5) is 32.2. The van der Waals surface area contributed by atoms with Crippen molar-refractivity contribution in [2.75, 3.05) is 11.4 Å². The maximum atomic E-state index is 13.4. The molecule has 3 heterocycles. The van der Waals surface area contributed by atoms with Crippen molar-refractivity contribution in [3.63, 3.8) is 0 Å². The maximum absolute atomic E-state index is 13.4.